The van der Waals surface area contributed by atoms with Crippen LogP contribution in [0.25, 0.3) is 11.0 Å². The molecule has 0 aliphatic heterocycles. The third-order valence-corrected chi connectivity index (χ3v) is 4.50. The number of hydrogen-bond donors (Lipinski definition) is 3. The number of hydrogen-bond acceptors (Lipinski definition) is 3. The van der Waals surface area contributed by atoms with E-state index in [0.29, 0.717) is 24.0 Å². The number of H-pyrrole nitrogens is 1. The molecule has 1 aromatic heterocycles. The van der Waals surface area contributed by atoms with Crippen LogP contribution in [0, 0.1) is 11.2 Å². The van der Waals surface area contributed by atoms with E-state index in [1.54, 1.807) is 0 Å². The van der Waals surface area contributed by atoms with Crippen LogP contribution in [0.4, 0.5) is 4.39 Å². The lowest BCUT2D eigenvalue weighted by atomic mass is 9.79. The van der Waals surface area contributed by atoms with Gasteiger partial charge in [0.05, 0.1) is 17.4 Å². The minimum absolute atomic E-state index is 0.0845. The third kappa shape index (κ3) is 3.27. The SMILES string of the molecule is CCC(CC)(CCO)CNC(=O)c1cc(F)cc2[nH]cnc12. The molecule has 3 N–H and O–H groups in total. The number of nitrogens with one attached hydrogen (secondary N) is 2. The lowest BCUT2D eigenvalue weighted by Crippen LogP contribution is -2.37. The fourth-order valence-electron chi connectivity index (χ4n) is 2.73. The summed E-state index contributed by atoms with van der Waals surface area (Å²) in [5.41, 5.74) is 1.04. The Morgan fingerprint density at radius 3 is 2.77 bits per heavy atom. The van der Waals surface area contributed by atoms with E-state index in [-0.39, 0.29) is 23.5 Å². The topological polar surface area (TPSA) is 78.0 Å². The van der Waals surface area contributed by atoms with Crippen molar-refractivity contribution in [3.05, 3.63) is 29.8 Å². The zero-order valence-corrected chi connectivity index (χ0v) is 12.9. The van der Waals surface area contributed by atoms with Crippen LogP contribution in [0.2, 0.25) is 0 Å². The van der Waals surface area contributed by atoms with E-state index in [1.807, 2.05) is 13.8 Å². The minimum atomic E-state index is -0.477. The van der Waals surface area contributed by atoms with Crippen molar-refractivity contribution in [2.75, 3.05) is 13.2 Å². The third-order valence-electron chi connectivity index (χ3n) is 4.50. The summed E-state index contributed by atoms with van der Waals surface area (Å²) in [6.07, 6.45) is 3.77. The Labute approximate surface area is 128 Å². The summed E-state index contributed by atoms with van der Waals surface area (Å²) < 4.78 is 13.6. The Morgan fingerprint density at radius 2 is 2.14 bits per heavy atom. The van der Waals surface area contributed by atoms with Gasteiger partial charge in [0.1, 0.15) is 11.3 Å². The fourth-order valence-corrected chi connectivity index (χ4v) is 2.73. The second kappa shape index (κ2) is 6.87. The Balaban J connectivity index is 2.19. The molecule has 0 spiro atoms. The van der Waals surface area contributed by atoms with Gasteiger partial charge in [0, 0.05) is 13.2 Å². The first-order valence-corrected chi connectivity index (χ1v) is 7.57. The lowest BCUT2D eigenvalue weighted by Gasteiger charge is -2.31. The van der Waals surface area contributed by atoms with Gasteiger partial charge in [-0.25, -0.2) is 9.37 Å². The second-order valence-corrected chi connectivity index (χ2v) is 5.62. The maximum absolute atomic E-state index is 13.6. The summed E-state index contributed by atoms with van der Waals surface area (Å²) in [7, 11) is 0. The summed E-state index contributed by atoms with van der Waals surface area (Å²) in [4.78, 5) is 19.3. The van der Waals surface area contributed by atoms with E-state index in [9.17, 15) is 14.3 Å². The van der Waals surface area contributed by atoms with Gasteiger partial charge < -0.3 is 15.4 Å². The molecule has 0 radical (unpaired) electrons. The van der Waals surface area contributed by atoms with Crippen molar-refractivity contribution in [2.45, 2.75) is 33.1 Å². The molecule has 0 aliphatic rings. The maximum Gasteiger partial charge on any atom is 0.253 e. The molecule has 120 valence electrons. The predicted octanol–water partition coefficient (Wildman–Crippen LogP) is 2.62. The first kappa shape index (κ1) is 16.4. The zero-order chi connectivity index (χ0) is 16.2. The zero-order valence-electron chi connectivity index (χ0n) is 12.9. The molecule has 0 fully saturated rings. The lowest BCUT2D eigenvalue weighted by molar-refractivity contribution is 0.0908. The Hall–Kier alpha value is -1.95. The number of aromatic nitrogens is 2. The number of aliphatic hydroxyl groups is 1. The minimum Gasteiger partial charge on any atom is -0.396 e. The van der Waals surface area contributed by atoms with Crippen LogP contribution >= 0.6 is 0 Å². The Morgan fingerprint density at radius 1 is 1.41 bits per heavy atom. The molecule has 1 aromatic carbocycles. The molecule has 5 nitrogen and oxygen atoms in total. The first-order valence-electron chi connectivity index (χ1n) is 7.57. The van der Waals surface area contributed by atoms with Crippen LogP contribution in [0.3, 0.4) is 0 Å². The molecule has 2 rings (SSSR count). The van der Waals surface area contributed by atoms with Crippen molar-refractivity contribution in [1.82, 2.24) is 15.3 Å². The highest BCUT2D eigenvalue weighted by atomic mass is 19.1. The number of carbonyl (C=O) groups excluding carboxylic acids is 1. The van der Waals surface area contributed by atoms with Gasteiger partial charge in [-0.1, -0.05) is 13.8 Å². The van der Waals surface area contributed by atoms with Gasteiger partial charge in [-0.15, -0.1) is 0 Å². The van der Waals surface area contributed by atoms with E-state index in [0.717, 1.165) is 12.8 Å². The highest BCUT2D eigenvalue weighted by Crippen LogP contribution is 2.29. The average Bonchev–Trinajstić information content (AvgIpc) is 2.98. The largest absolute Gasteiger partial charge is 0.396 e. The van der Waals surface area contributed by atoms with Crippen molar-refractivity contribution in [2.24, 2.45) is 5.41 Å². The molecular weight excluding hydrogens is 285 g/mol. The first-order chi connectivity index (χ1) is 10.5. The molecule has 1 amide bonds. The van der Waals surface area contributed by atoms with Crippen molar-refractivity contribution in [3.8, 4) is 0 Å². The van der Waals surface area contributed by atoms with E-state index in [4.69, 9.17) is 0 Å². The van der Waals surface area contributed by atoms with E-state index in [2.05, 4.69) is 15.3 Å². The molecule has 0 saturated carbocycles. The van der Waals surface area contributed by atoms with Gasteiger partial charge in [0.25, 0.3) is 5.91 Å². The summed E-state index contributed by atoms with van der Waals surface area (Å²) in [5.74, 6) is -0.824. The number of rotatable bonds is 7. The molecule has 6 heteroatoms. The highest BCUT2D eigenvalue weighted by Gasteiger charge is 2.26. The number of halogens is 1. The van der Waals surface area contributed by atoms with Crippen molar-refractivity contribution < 1.29 is 14.3 Å². The molecular formula is C16H22FN3O2. The smallest absolute Gasteiger partial charge is 0.253 e. The normalized spacial score (nSPS) is 11.8. The van der Waals surface area contributed by atoms with Crippen LogP contribution < -0.4 is 5.32 Å². The fraction of sp³-hybridized carbons (Fsp3) is 0.500. The Bertz CT molecular complexity index is 650. The average molecular weight is 307 g/mol. The van der Waals surface area contributed by atoms with Gasteiger partial charge in [-0.05, 0) is 36.8 Å². The van der Waals surface area contributed by atoms with Crippen molar-refractivity contribution in [3.63, 3.8) is 0 Å². The van der Waals surface area contributed by atoms with Gasteiger partial charge in [-0.2, -0.15) is 0 Å². The summed E-state index contributed by atoms with van der Waals surface area (Å²) in [5, 5.41) is 12.1. The number of nitrogens with zero attached hydrogens (tertiary/aromatic N) is 1. The van der Waals surface area contributed by atoms with Gasteiger partial charge >= 0.3 is 0 Å². The molecule has 0 unspecified atom stereocenters. The molecule has 0 aliphatic carbocycles. The van der Waals surface area contributed by atoms with Crippen LogP contribution in [0.5, 0.6) is 0 Å². The van der Waals surface area contributed by atoms with E-state index < -0.39 is 5.82 Å². The quantitative estimate of drug-likeness (QED) is 0.736. The number of amides is 1. The van der Waals surface area contributed by atoms with Crippen LogP contribution in [-0.4, -0.2) is 34.1 Å². The van der Waals surface area contributed by atoms with Crippen LogP contribution in [0.1, 0.15) is 43.5 Å². The standard InChI is InChI=1S/C16H22FN3O2/c1-3-16(4-2,5-6-21)9-18-15(22)12-7-11(17)8-13-14(12)20-10-19-13/h7-8,10,21H,3-6,9H2,1-2H3,(H,18,22)(H,19,20). The highest BCUT2D eigenvalue weighted by molar-refractivity contribution is 6.04. The molecule has 0 atom stereocenters. The number of benzene rings is 1. The summed E-state index contributed by atoms with van der Waals surface area (Å²) >= 11 is 0. The number of carbonyl (C=O) groups is 1. The van der Waals surface area contributed by atoms with Crippen molar-refractivity contribution >= 4 is 16.9 Å². The molecule has 22 heavy (non-hydrogen) atoms. The van der Waals surface area contributed by atoms with Gasteiger partial charge in [0.2, 0.25) is 0 Å². The number of aliphatic hydroxyl groups excluding tert-OH is 1. The molecule has 1 heterocycles. The van der Waals surface area contributed by atoms with E-state index >= 15 is 0 Å². The number of imidazole rings is 1. The number of aromatic amines is 1. The molecule has 2 aromatic rings. The maximum atomic E-state index is 13.6. The monoisotopic (exact) mass is 307 g/mol. The Kier molecular flexibility index (Phi) is 5.13. The predicted molar refractivity (Wildman–Crippen MR) is 83.1 cm³/mol. The van der Waals surface area contributed by atoms with Gasteiger partial charge in [0.15, 0.2) is 0 Å². The van der Waals surface area contributed by atoms with Crippen LogP contribution in [0.15, 0.2) is 18.5 Å². The summed E-state index contributed by atoms with van der Waals surface area (Å²) in [6.45, 7) is 4.61. The van der Waals surface area contributed by atoms with E-state index in [1.165, 1.54) is 18.5 Å². The number of fused-ring (bicyclic) bond motifs is 1. The molecule has 0 bridgehead atoms. The van der Waals surface area contributed by atoms with Crippen molar-refractivity contribution in [1.29, 1.82) is 0 Å². The second-order valence-electron chi connectivity index (χ2n) is 5.62. The van der Waals surface area contributed by atoms with Crippen LogP contribution in [-0.2, 0) is 0 Å². The summed E-state index contributed by atoms with van der Waals surface area (Å²) in [6, 6.07) is 2.51. The molecule has 0 saturated heterocycles. The van der Waals surface area contributed by atoms with Gasteiger partial charge in [-0.3, -0.25) is 4.79 Å².